The molecule has 0 aliphatic carbocycles. The predicted molar refractivity (Wildman–Crippen MR) is 254 cm³/mol. The fraction of sp³-hybridized carbons (Fsp3) is 0.240. The van der Waals surface area contributed by atoms with Gasteiger partial charge in [-0.05, 0) is 121 Å². The van der Waals surface area contributed by atoms with Gasteiger partial charge in [0.15, 0.2) is 0 Å². The lowest BCUT2D eigenvalue weighted by atomic mass is 10.1. The minimum atomic E-state index is -0.307. The molecule has 8 rings (SSSR count). The van der Waals surface area contributed by atoms with E-state index >= 15 is 0 Å². The number of halogens is 3. The van der Waals surface area contributed by atoms with Crippen molar-refractivity contribution in [3.8, 4) is 57.7 Å². The molecule has 0 spiro atoms. The largest absolute Gasteiger partial charge is 0.457 e. The predicted octanol–water partition coefficient (Wildman–Crippen LogP) is 8.73. The molecule has 67 heavy (non-hydrogen) atoms. The molecule has 2 aliphatic heterocycles. The Bertz CT molecular complexity index is 2590. The molecule has 0 bridgehead atoms. The van der Waals surface area contributed by atoms with Gasteiger partial charge in [0.05, 0.1) is 46.8 Å². The van der Waals surface area contributed by atoms with E-state index in [9.17, 15) is 23.6 Å². The number of ether oxygens (including phenoxy) is 2. The van der Waals surface area contributed by atoms with Crippen LogP contribution < -0.4 is 25.4 Å². The Kier molecular flexibility index (Phi) is 18.9. The van der Waals surface area contributed by atoms with Crippen LogP contribution in [0.25, 0.3) is 22.5 Å². The van der Waals surface area contributed by atoms with E-state index in [1.165, 1.54) is 24.3 Å². The van der Waals surface area contributed by atoms with E-state index in [1.807, 2.05) is 95.9 Å². The summed E-state index contributed by atoms with van der Waals surface area (Å²) in [4.78, 5) is 38.3. The Morgan fingerprint density at radius 1 is 0.642 bits per heavy atom. The quantitative estimate of drug-likeness (QED) is 0.0456. The summed E-state index contributed by atoms with van der Waals surface area (Å²) in [6, 6.07) is 42.7. The SMILES string of the molecule is N#CCBr.N#CCN(CCN1CCNC1=O)Cc1cccc(-c2ccc(Oc3ccc(F)cc3)cc2)n1.O=C1NCCN1CCNCc1cccc(-c2ccc(Oc3ccc(F)cc3)cc2)n1. The number of nitriles is 2. The van der Waals surface area contributed by atoms with E-state index in [0.29, 0.717) is 74.1 Å². The first kappa shape index (κ1) is 49.0. The van der Waals surface area contributed by atoms with Crippen LogP contribution in [0.5, 0.6) is 23.0 Å². The number of carbonyl (C=O) groups is 2. The highest BCUT2D eigenvalue weighted by molar-refractivity contribution is 9.09. The third-order valence-corrected chi connectivity index (χ3v) is 10.4. The van der Waals surface area contributed by atoms with Gasteiger partial charge in [0.2, 0.25) is 0 Å². The number of pyridine rings is 2. The highest BCUT2D eigenvalue weighted by Gasteiger charge is 2.20. The van der Waals surface area contributed by atoms with Crippen molar-refractivity contribution in [2.45, 2.75) is 13.1 Å². The van der Waals surface area contributed by atoms with E-state index < -0.39 is 0 Å². The number of hydrogen-bond acceptors (Lipinski definition) is 10. The summed E-state index contributed by atoms with van der Waals surface area (Å²) >= 11 is 2.89. The van der Waals surface area contributed by atoms with Crippen molar-refractivity contribution in [2.75, 3.05) is 64.2 Å². The summed E-state index contributed by atoms with van der Waals surface area (Å²) in [5.74, 6) is 1.87. The Balaban J connectivity index is 0.000000206. The number of alkyl halides is 1. The number of urea groups is 2. The average molecular weight is 972 g/mol. The number of hydrogen-bond donors (Lipinski definition) is 3. The second-order valence-corrected chi connectivity index (χ2v) is 15.5. The van der Waals surface area contributed by atoms with Gasteiger partial charge < -0.3 is 35.2 Å². The Morgan fingerprint density at radius 3 is 1.54 bits per heavy atom. The number of rotatable bonds is 17. The Labute approximate surface area is 396 Å². The van der Waals surface area contributed by atoms with Gasteiger partial charge in [-0.2, -0.15) is 10.5 Å². The molecule has 0 atom stereocenters. The fourth-order valence-corrected chi connectivity index (χ4v) is 6.82. The van der Waals surface area contributed by atoms with Crippen LogP contribution in [-0.4, -0.2) is 101 Å². The molecule has 0 saturated carbocycles. The molecule has 4 amide bonds. The third-order valence-electron chi connectivity index (χ3n) is 10.2. The van der Waals surface area contributed by atoms with Crippen molar-refractivity contribution in [1.82, 2.24) is 40.6 Å². The highest BCUT2D eigenvalue weighted by Crippen LogP contribution is 2.27. The number of nitrogens with one attached hydrogen (secondary N) is 3. The molecule has 4 heterocycles. The topological polar surface area (TPSA) is 172 Å². The molecular formula is C50H49BrF2N10O4. The lowest BCUT2D eigenvalue weighted by Crippen LogP contribution is -2.37. The summed E-state index contributed by atoms with van der Waals surface area (Å²) in [6.07, 6.45) is 0. The molecule has 17 heteroatoms. The Hall–Kier alpha value is -7.44. The number of amides is 4. The van der Waals surface area contributed by atoms with Gasteiger partial charge in [-0.3, -0.25) is 14.9 Å². The molecule has 2 aromatic heterocycles. The van der Waals surface area contributed by atoms with Crippen LogP contribution in [0.4, 0.5) is 18.4 Å². The minimum absolute atomic E-state index is 0.00350. The molecule has 6 aromatic rings. The first-order valence-electron chi connectivity index (χ1n) is 21.5. The van der Waals surface area contributed by atoms with E-state index in [4.69, 9.17) is 24.7 Å². The number of benzene rings is 4. The van der Waals surface area contributed by atoms with Gasteiger partial charge in [-0.1, -0.05) is 28.1 Å². The van der Waals surface area contributed by atoms with E-state index in [1.54, 1.807) is 34.1 Å². The summed E-state index contributed by atoms with van der Waals surface area (Å²) in [5, 5.41) is 26.1. The lowest BCUT2D eigenvalue weighted by molar-refractivity contribution is 0.203. The maximum Gasteiger partial charge on any atom is 0.317 e. The fourth-order valence-electron chi connectivity index (χ4n) is 6.82. The molecule has 3 N–H and O–H groups in total. The van der Waals surface area contributed by atoms with Gasteiger partial charge in [-0.25, -0.2) is 18.4 Å². The second-order valence-electron chi connectivity index (χ2n) is 15.0. The summed E-state index contributed by atoms with van der Waals surface area (Å²) in [7, 11) is 0. The van der Waals surface area contributed by atoms with Crippen molar-refractivity contribution in [2.24, 2.45) is 0 Å². The van der Waals surface area contributed by atoms with Crippen molar-refractivity contribution < 1.29 is 27.8 Å². The van der Waals surface area contributed by atoms with Crippen LogP contribution in [0.1, 0.15) is 11.4 Å². The van der Waals surface area contributed by atoms with Gasteiger partial charge in [0.1, 0.15) is 34.6 Å². The first-order chi connectivity index (χ1) is 32.7. The average Bonchev–Trinajstić information content (AvgIpc) is 3.98. The van der Waals surface area contributed by atoms with Crippen LogP contribution >= 0.6 is 15.9 Å². The van der Waals surface area contributed by atoms with E-state index in [2.05, 4.69) is 37.9 Å². The van der Waals surface area contributed by atoms with Crippen LogP contribution in [0.2, 0.25) is 0 Å². The smallest absolute Gasteiger partial charge is 0.317 e. The maximum absolute atomic E-state index is 13.1. The normalized spacial score (nSPS) is 12.7. The highest BCUT2D eigenvalue weighted by atomic mass is 79.9. The van der Waals surface area contributed by atoms with E-state index in [-0.39, 0.29) is 30.2 Å². The zero-order valence-corrected chi connectivity index (χ0v) is 38.2. The summed E-state index contributed by atoms with van der Waals surface area (Å²) < 4.78 is 37.5. The monoisotopic (exact) mass is 970 g/mol. The first-order valence-corrected chi connectivity index (χ1v) is 22.6. The van der Waals surface area contributed by atoms with Gasteiger partial charge >= 0.3 is 12.1 Å². The number of aromatic nitrogens is 2. The number of carbonyl (C=O) groups excluding carboxylic acids is 2. The van der Waals surface area contributed by atoms with Crippen LogP contribution in [0.15, 0.2) is 133 Å². The molecule has 14 nitrogen and oxygen atoms in total. The zero-order chi connectivity index (χ0) is 47.2. The van der Waals surface area contributed by atoms with Gasteiger partial charge in [0, 0.05) is 76.6 Å². The molecule has 4 aromatic carbocycles. The lowest BCUT2D eigenvalue weighted by Gasteiger charge is -2.22. The molecule has 2 aliphatic rings. The number of nitrogens with zero attached hydrogens (tertiary/aromatic N) is 7. The van der Waals surface area contributed by atoms with Gasteiger partial charge in [0.25, 0.3) is 0 Å². The van der Waals surface area contributed by atoms with Gasteiger partial charge in [-0.15, -0.1) is 0 Å². The van der Waals surface area contributed by atoms with Crippen molar-refractivity contribution in [3.63, 3.8) is 0 Å². The zero-order valence-electron chi connectivity index (χ0n) is 36.6. The second kappa shape index (κ2) is 25.9. The minimum Gasteiger partial charge on any atom is -0.457 e. The van der Waals surface area contributed by atoms with Crippen LogP contribution in [0, 0.1) is 34.3 Å². The van der Waals surface area contributed by atoms with Crippen molar-refractivity contribution >= 4 is 28.0 Å². The summed E-state index contributed by atoms with van der Waals surface area (Å²) in [6.45, 7) is 6.81. The van der Waals surface area contributed by atoms with Crippen LogP contribution in [-0.2, 0) is 13.1 Å². The third kappa shape index (κ3) is 15.9. The molecule has 0 unspecified atom stereocenters. The molecular weight excluding hydrogens is 923 g/mol. The summed E-state index contributed by atoms with van der Waals surface area (Å²) in [5.41, 5.74) is 5.39. The molecule has 344 valence electrons. The van der Waals surface area contributed by atoms with Crippen molar-refractivity contribution in [1.29, 1.82) is 10.5 Å². The van der Waals surface area contributed by atoms with Crippen LogP contribution in [0.3, 0.4) is 0 Å². The standard InChI is InChI=1S/C25H24FN5O2.C23H23FN4O2.C2H2BrN/c26-20-6-10-23(11-7-20)33-22-8-4-19(5-9-22)24-3-1-2-21(29-24)18-30(14-12-27)16-17-31-15-13-28-25(31)32;24-18-6-10-21(11-7-18)30-20-8-4-17(5-9-20)22-3-1-2-19(27-22)16-25-12-14-28-15-13-26-23(28)29;3-1-2-4/h1-11H,13-18H2,(H,28,32);1-11,25H,12-16H2,(H,26,29);1H2. The molecule has 0 radical (unpaired) electrons. The molecule has 2 saturated heterocycles. The Morgan fingerprint density at radius 2 is 1.09 bits per heavy atom. The molecule has 2 fully saturated rings. The maximum atomic E-state index is 13.1. The van der Waals surface area contributed by atoms with Crippen molar-refractivity contribution in [3.05, 3.63) is 156 Å². The van der Waals surface area contributed by atoms with E-state index in [0.717, 1.165) is 53.5 Å².